The molecule has 150 valence electrons. The van der Waals surface area contributed by atoms with Crippen LogP contribution in [-0.4, -0.2) is 60.1 Å². The second-order valence-electron chi connectivity index (χ2n) is 7.59. The van der Waals surface area contributed by atoms with Crippen molar-refractivity contribution < 1.29 is 24.2 Å². The molecule has 3 heterocycles. The van der Waals surface area contributed by atoms with Crippen LogP contribution in [0.25, 0.3) is 0 Å². The number of carbonyl (C=O) groups is 3. The van der Waals surface area contributed by atoms with Gasteiger partial charge in [0.25, 0.3) is 0 Å². The molecular formula is C19H22ClN3O5. The Kier molecular flexibility index (Phi) is 4.50. The first-order valence-corrected chi connectivity index (χ1v) is 9.54. The molecule has 8 nitrogen and oxygen atoms in total. The maximum absolute atomic E-state index is 13.3. The first-order valence-electron chi connectivity index (χ1n) is 9.16. The third-order valence-electron chi connectivity index (χ3n) is 6.15. The smallest absolute Gasteiger partial charge is 0.250 e. The molecule has 1 aromatic carbocycles. The summed E-state index contributed by atoms with van der Waals surface area (Å²) < 4.78 is 5.02. The molecule has 1 spiro atoms. The van der Waals surface area contributed by atoms with E-state index in [0.29, 0.717) is 21.8 Å². The number of nitrogens with zero attached hydrogens (tertiary/aromatic N) is 1. The second kappa shape index (κ2) is 6.52. The highest BCUT2D eigenvalue weighted by Crippen LogP contribution is 2.54. The second-order valence-corrected chi connectivity index (χ2v) is 8.00. The van der Waals surface area contributed by atoms with Crippen molar-refractivity contribution in [2.45, 2.75) is 31.5 Å². The number of carbonyl (C=O) groups excluding carboxylic acids is 3. The van der Waals surface area contributed by atoms with E-state index < -0.39 is 47.2 Å². The number of likely N-dealkylation sites (tertiary alicyclic amines) is 1. The van der Waals surface area contributed by atoms with Crippen LogP contribution in [0, 0.1) is 18.8 Å². The van der Waals surface area contributed by atoms with E-state index in [1.165, 1.54) is 7.11 Å². The Balaban J connectivity index is 1.88. The number of aliphatic hydroxyl groups excluding tert-OH is 1. The molecular weight excluding hydrogens is 386 g/mol. The van der Waals surface area contributed by atoms with Gasteiger partial charge >= 0.3 is 0 Å². The van der Waals surface area contributed by atoms with E-state index >= 15 is 0 Å². The number of anilines is 1. The molecule has 5 unspecified atom stereocenters. The van der Waals surface area contributed by atoms with Gasteiger partial charge in [-0.05, 0) is 25.5 Å². The van der Waals surface area contributed by atoms with Gasteiger partial charge in [0.1, 0.15) is 5.54 Å². The molecule has 0 aliphatic carbocycles. The SMILES string of the molecule is COCCN1C(=O)C2C(C(C)O)NC3(C(=O)Nc4c3ccc(Cl)c4C)C2C1=O. The third kappa shape index (κ3) is 2.32. The van der Waals surface area contributed by atoms with Crippen LogP contribution in [0.1, 0.15) is 18.1 Å². The number of hydrogen-bond donors (Lipinski definition) is 3. The first kappa shape index (κ1) is 19.3. The largest absolute Gasteiger partial charge is 0.392 e. The number of methoxy groups -OCH3 is 1. The molecule has 2 fully saturated rings. The summed E-state index contributed by atoms with van der Waals surface area (Å²) in [6.45, 7) is 3.64. The predicted octanol–water partition coefficient (Wildman–Crippen LogP) is 0.396. The molecule has 0 radical (unpaired) electrons. The molecule has 2 saturated heterocycles. The van der Waals surface area contributed by atoms with E-state index in [-0.39, 0.29) is 13.2 Å². The molecule has 5 atom stereocenters. The molecule has 1 aromatic rings. The summed E-state index contributed by atoms with van der Waals surface area (Å²) in [4.78, 5) is 40.6. The van der Waals surface area contributed by atoms with Gasteiger partial charge in [-0.3, -0.25) is 24.6 Å². The number of benzene rings is 1. The van der Waals surface area contributed by atoms with Gasteiger partial charge in [-0.25, -0.2) is 0 Å². The number of fused-ring (bicyclic) bond motifs is 4. The van der Waals surface area contributed by atoms with Gasteiger partial charge in [0, 0.05) is 23.7 Å². The Morgan fingerprint density at radius 1 is 1.32 bits per heavy atom. The molecule has 3 aliphatic heterocycles. The summed E-state index contributed by atoms with van der Waals surface area (Å²) in [7, 11) is 1.49. The minimum absolute atomic E-state index is 0.109. The van der Waals surface area contributed by atoms with E-state index in [1.807, 2.05) is 0 Å². The molecule has 4 rings (SSSR count). The molecule has 0 saturated carbocycles. The normalized spacial score (nSPS) is 32.1. The van der Waals surface area contributed by atoms with Crippen LogP contribution >= 0.6 is 11.6 Å². The molecule has 3 aliphatic rings. The lowest BCUT2D eigenvalue weighted by Crippen LogP contribution is -2.55. The first-order chi connectivity index (χ1) is 13.3. The molecule has 28 heavy (non-hydrogen) atoms. The van der Waals surface area contributed by atoms with Gasteiger partial charge in [-0.15, -0.1) is 0 Å². The topological polar surface area (TPSA) is 108 Å². The van der Waals surface area contributed by atoms with Gasteiger partial charge < -0.3 is 15.2 Å². The standard InChI is InChI=1S/C19H22ClN3O5/c1-8-11(20)5-4-10-14(8)21-18(27)19(10)13-12(15(22-19)9(2)24)16(25)23(17(13)26)6-7-28-3/h4-5,9,12-13,15,22,24H,6-7H2,1-3H3,(H,21,27). The lowest BCUT2D eigenvalue weighted by Gasteiger charge is -2.30. The average molecular weight is 408 g/mol. The quantitative estimate of drug-likeness (QED) is 0.623. The van der Waals surface area contributed by atoms with Gasteiger partial charge in [-0.2, -0.15) is 0 Å². The average Bonchev–Trinajstić information content (AvgIpc) is 3.23. The van der Waals surface area contributed by atoms with Gasteiger partial charge in [0.05, 0.1) is 36.8 Å². The van der Waals surface area contributed by atoms with E-state index in [4.69, 9.17) is 16.3 Å². The summed E-state index contributed by atoms with van der Waals surface area (Å²) in [6.07, 6.45) is -0.934. The van der Waals surface area contributed by atoms with Gasteiger partial charge in [0.2, 0.25) is 17.7 Å². The van der Waals surface area contributed by atoms with Crippen LogP contribution in [0.4, 0.5) is 5.69 Å². The maximum Gasteiger partial charge on any atom is 0.250 e. The fourth-order valence-electron chi connectivity index (χ4n) is 4.80. The molecule has 3 amide bonds. The highest BCUT2D eigenvalue weighted by Gasteiger charge is 2.71. The monoisotopic (exact) mass is 407 g/mol. The zero-order valence-electron chi connectivity index (χ0n) is 15.8. The van der Waals surface area contributed by atoms with E-state index in [2.05, 4.69) is 10.6 Å². The number of aliphatic hydroxyl groups is 1. The van der Waals surface area contributed by atoms with Crippen molar-refractivity contribution in [3.8, 4) is 0 Å². The minimum Gasteiger partial charge on any atom is -0.392 e. The van der Waals surface area contributed by atoms with E-state index in [1.54, 1.807) is 26.0 Å². The summed E-state index contributed by atoms with van der Waals surface area (Å²) >= 11 is 6.20. The number of ether oxygens (including phenoxy) is 1. The lowest BCUT2D eigenvalue weighted by atomic mass is 9.76. The van der Waals surface area contributed by atoms with Crippen LogP contribution in [-0.2, 0) is 24.7 Å². The Morgan fingerprint density at radius 2 is 2.04 bits per heavy atom. The van der Waals surface area contributed by atoms with Crippen molar-refractivity contribution in [1.29, 1.82) is 0 Å². The van der Waals surface area contributed by atoms with Gasteiger partial charge in [0.15, 0.2) is 0 Å². The summed E-state index contributed by atoms with van der Waals surface area (Å²) in [6, 6.07) is 2.64. The molecule has 0 bridgehead atoms. The van der Waals surface area contributed by atoms with Crippen LogP contribution in [0.2, 0.25) is 5.02 Å². The van der Waals surface area contributed by atoms with Gasteiger partial charge in [-0.1, -0.05) is 17.7 Å². The highest BCUT2D eigenvalue weighted by atomic mass is 35.5. The summed E-state index contributed by atoms with van der Waals surface area (Å²) in [5.74, 6) is -3.02. The van der Waals surface area contributed by atoms with E-state index in [0.717, 1.165) is 4.90 Å². The third-order valence-corrected chi connectivity index (χ3v) is 6.56. The van der Waals surface area contributed by atoms with Crippen molar-refractivity contribution in [2.75, 3.05) is 25.6 Å². The van der Waals surface area contributed by atoms with Crippen LogP contribution in [0.3, 0.4) is 0 Å². The molecule has 0 aromatic heterocycles. The summed E-state index contributed by atoms with van der Waals surface area (Å²) in [5.41, 5.74) is 0.389. The molecule has 9 heteroatoms. The predicted molar refractivity (Wildman–Crippen MR) is 101 cm³/mol. The number of nitrogens with one attached hydrogen (secondary N) is 2. The highest BCUT2D eigenvalue weighted by molar-refractivity contribution is 6.32. The van der Waals surface area contributed by atoms with Crippen LogP contribution in [0.15, 0.2) is 12.1 Å². The van der Waals surface area contributed by atoms with Crippen LogP contribution < -0.4 is 10.6 Å². The van der Waals surface area contributed by atoms with Crippen molar-refractivity contribution in [1.82, 2.24) is 10.2 Å². The Hall–Kier alpha value is -2.00. The Bertz CT molecular complexity index is 889. The van der Waals surface area contributed by atoms with Crippen molar-refractivity contribution >= 4 is 35.0 Å². The fourth-order valence-corrected chi connectivity index (χ4v) is 4.95. The number of amides is 3. The summed E-state index contributed by atoms with van der Waals surface area (Å²) in [5, 5.41) is 16.8. The van der Waals surface area contributed by atoms with E-state index in [9.17, 15) is 19.5 Å². The van der Waals surface area contributed by atoms with Crippen LogP contribution in [0.5, 0.6) is 0 Å². The number of halogens is 1. The number of rotatable bonds is 4. The number of imide groups is 1. The minimum atomic E-state index is -1.43. The fraction of sp³-hybridized carbons (Fsp3) is 0.526. The van der Waals surface area contributed by atoms with Crippen molar-refractivity contribution in [2.24, 2.45) is 11.8 Å². The van der Waals surface area contributed by atoms with Crippen molar-refractivity contribution in [3.05, 3.63) is 28.3 Å². The maximum atomic E-state index is 13.3. The van der Waals surface area contributed by atoms with Crippen molar-refractivity contribution in [3.63, 3.8) is 0 Å². The molecule has 3 N–H and O–H groups in total. The zero-order valence-corrected chi connectivity index (χ0v) is 16.5. The zero-order chi connectivity index (χ0) is 20.4. The Labute approximate surface area is 167 Å². The Morgan fingerprint density at radius 3 is 2.68 bits per heavy atom. The lowest BCUT2D eigenvalue weighted by molar-refractivity contribution is -0.143. The number of hydrogen-bond acceptors (Lipinski definition) is 6.